The van der Waals surface area contributed by atoms with Crippen LogP contribution in [0.25, 0.3) is 0 Å². The van der Waals surface area contributed by atoms with Gasteiger partial charge in [-0.05, 0) is 5.75 Å². The Morgan fingerprint density at radius 3 is 2.70 bits per heavy atom. The second-order valence-electron chi connectivity index (χ2n) is 2.42. The van der Waals surface area contributed by atoms with Crippen LogP contribution < -0.4 is 0 Å². The molecule has 0 amide bonds. The summed E-state index contributed by atoms with van der Waals surface area (Å²) in [6, 6.07) is 0. The first-order chi connectivity index (χ1) is 4.75. The third-order valence-electron chi connectivity index (χ3n) is 1.75. The van der Waals surface area contributed by atoms with Crippen LogP contribution in [0.1, 0.15) is 0 Å². The van der Waals surface area contributed by atoms with E-state index in [9.17, 15) is 4.79 Å². The summed E-state index contributed by atoms with van der Waals surface area (Å²) < 4.78 is 0. The molecule has 1 fully saturated rings. The van der Waals surface area contributed by atoms with Crippen molar-refractivity contribution >= 4 is 17.7 Å². The number of rotatable bonds is 2. The van der Waals surface area contributed by atoms with Crippen LogP contribution in [0, 0.1) is 11.8 Å². The van der Waals surface area contributed by atoms with Crippen molar-refractivity contribution in [3.8, 4) is 0 Å². The molecule has 0 aromatic carbocycles. The summed E-state index contributed by atoms with van der Waals surface area (Å²) >= 11 is 1.60. The highest BCUT2D eigenvalue weighted by atomic mass is 32.2. The fourth-order valence-corrected chi connectivity index (χ4v) is 2.50. The van der Waals surface area contributed by atoms with Crippen molar-refractivity contribution in [3.05, 3.63) is 0 Å². The molecule has 2 unspecified atom stereocenters. The summed E-state index contributed by atoms with van der Waals surface area (Å²) in [7, 11) is 0. The number of carboxylic acid groups (broad SMARTS) is 1. The van der Waals surface area contributed by atoms with Gasteiger partial charge in [0, 0.05) is 18.3 Å². The molecule has 4 heteroatoms. The van der Waals surface area contributed by atoms with Crippen molar-refractivity contribution < 1.29 is 15.0 Å². The zero-order chi connectivity index (χ0) is 7.56. The van der Waals surface area contributed by atoms with Gasteiger partial charge < -0.3 is 10.2 Å². The number of carbonyl (C=O) groups is 1. The lowest BCUT2D eigenvalue weighted by Crippen LogP contribution is -2.24. The predicted molar refractivity (Wildman–Crippen MR) is 39.0 cm³/mol. The first-order valence-electron chi connectivity index (χ1n) is 3.17. The van der Waals surface area contributed by atoms with E-state index in [4.69, 9.17) is 10.2 Å². The molecule has 2 atom stereocenters. The lowest BCUT2D eigenvalue weighted by atomic mass is 9.97. The normalized spacial score (nSPS) is 32.5. The molecule has 10 heavy (non-hydrogen) atoms. The summed E-state index contributed by atoms with van der Waals surface area (Å²) in [5, 5.41) is 17.3. The molecule has 0 radical (unpaired) electrons. The average Bonchev–Trinajstić information content (AvgIpc) is 2.33. The van der Waals surface area contributed by atoms with Crippen LogP contribution in [-0.4, -0.2) is 34.3 Å². The summed E-state index contributed by atoms with van der Waals surface area (Å²) in [5.41, 5.74) is 0. The topological polar surface area (TPSA) is 57.5 Å². The maximum Gasteiger partial charge on any atom is 0.307 e. The highest BCUT2D eigenvalue weighted by Crippen LogP contribution is 2.29. The fourth-order valence-electron chi connectivity index (χ4n) is 1.05. The predicted octanol–water partition coefficient (Wildman–Crippen LogP) is 0.0425. The minimum absolute atomic E-state index is 0.00394. The van der Waals surface area contributed by atoms with E-state index in [1.807, 2.05) is 0 Å². The van der Waals surface area contributed by atoms with Crippen molar-refractivity contribution in [1.82, 2.24) is 0 Å². The minimum Gasteiger partial charge on any atom is -0.481 e. The lowest BCUT2D eigenvalue weighted by Gasteiger charge is -2.09. The van der Waals surface area contributed by atoms with E-state index in [2.05, 4.69) is 0 Å². The molecule has 0 aliphatic carbocycles. The number of hydrogen-bond donors (Lipinski definition) is 2. The Morgan fingerprint density at radius 1 is 1.60 bits per heavy atom. The Labute approximate surface area is 63.4 Å². The smallest absolute Gasteiger partial charge is 0.307 e. The second-order valence-corrected chi connectivity index (χ2v) is 3.50. The largest absolute Gasteiger partial charge is 0.481 e. The van der Waals surface area contributed by atoms with Gasteiger partial charge in [0.05, 0.1) is 5.92 Å². The molecular weight excluding hydrogens is 152 g/mol. The Kier molecular flexibility index (Phi) is 2.56. The van der Waals surface area contributed by atoms with Crippen molar-refractivity contribution in [1.29, 1.82) is 0 Å². The molecule has 1 aliphatic heterocycles. The first kappa shape index (κ1) is 7.88. The molecule has 1 rings (SSSR count). The SMILES string of the molecule is O=C(O)C1CSCC1CO. The van der Waals surface area contributed by atoms with E-state index in [-0.39, 0.29) is 18.4 Å². The Morgan fingerprint density at radius 2 is 2.30 bits per heavy atom. The maximum absolute atomic E-state index is 10.4. The van der Waals surface area contributed by atoms with E-state index in [0.717, 1.165) is 5.75 Å². The molecule has 0 aromatic heterocycles. The number of aliphatic hydroxyl groups is 1. The van der Waals surface area contributed by atoms with Crippen LogP contribution in [0.3, 0.4) is 0 Å². The molecule has 1 saturated heterocycles. The van der Waals surface area contributed by atoms with Crippen LogP contribution in [0.4, 0.5) is 0 Å². The first-order valence-corrected chi connectivity index (χ1v) is 4.32. The van der Waals surface area contributed by atoms with Gasteiger partial charge in [-0.1, -0.05) is 0 Å². The Bertz CT molecular complexity index is 137. The van der Waals surface area contributed by atoms with E-state index in [1.54, 1.807) is 11.8 Å². The second kappa shape index (κ2) is 3.25. The third-order valence-corrected chi connectivity index (χ3v) is 3.01. The molecular formula is C6H10O3S. The summed E-state index contributed by atoms with van der Waals surface area (Å²) in [6.07, 6.45) is 0. The van der Waals surface area contributed by atoms with Gasteiger partial charge in [0.25, 0.3) is 0 Å². The quantitative estimate of drug-likeness (QED) is 0.602. The van der Waals surface area contributed by atoms with Gasteiger partial charge in [-0.15, -0.1) is 0 Å². The maximum atomic E-state index is 10.4. The summed E-state index contributed by atoms with van der Waals surface area (Å²) in [4.78, 5) is 10.4. The van der Waals surface area contributed by atoms with Gasteiger partial charge >= 0.3 is 5.97 Å². The van der Waals surface area contributed by atoms with Crippen molar-refractivity contribution in [3.63, 3.8) is 0 Å². The standard InChI is InChI=1S/C6H10O3S/c7-1-4-2-10-3-5(4)6(8)9/h4-5,7H,1-3H2,(H,8,9). The monoisotopic (exact) mass is 162 g/mol. The van der Waals surface area contributed by atoms with E-state index >= 15 is 0 Å². The van der Waals surface area contributed by atoms with E-state index < -0.39 is 5.97 Å². The van der Waals surface area contributed by atoms with Gasteiger partial charge in [-0.3, -0.25) is 4.79 Å². The van der Waals surface area contributed by atoms with Gasteiger partial charge in [-0.2, -0.15) is 11.8 Å². The molecule has 3 nitrogen and oxygen atoms in total. The van der Waals surface area contributed by atoms with Crippen molar-refractivity contribution in [2.24, 2.45) is 11.8 Å². The highest BCUT2D eigenvalue weighted by Gasteiger charge is 2.32. The molecule has 0 bridgehead atoms. The third kappa shape index (κ3) is 1.44. The van der Waals surface area contributed by atoms with Gasteiger partial charge in [0.1, 0.15) is 0 Å². The number of hydrogen-bond acceptors (Lipinski definition) is 3. The molecule has 2 N–H and O–H groups in total. The van der Waals surface area contributed by atoms with Crippen LogP contribution in [0.5, 0.6) is 0 Å². The molecule has 1 aliphatic rings. The van der Waals surface area contributed by atoms with Crippen LogP contribution in [0.2, 0.25) is 0 Å². The van der Waals surface area contributed by atoms with Crippen LogP contribution >= 0.6 is 11.8 Å². The highest BCUT2D eigenvalue weighted by molar-refractivity contribution is 7.99. The van der Waals surface area contributed by atoms with Crippen molar-refractivity contribution in [2.45, 2.75) is 0 Å². The van der Waals surface area contributed by atoms with Gasteiger partial charge in [-0.25, -0.2) is 0 Å². The molecule has 0 saturated carbocycles. The number of aliphatic hydroxyl groups excluding tert-OH is 1. The number of aliphatic carboxylic acids is 1. The molecule has 1 heterocycles. The molecule has 0 aromatic rings. The lowest BCUT2D eigenvalue weighted by molar-refractivity contribution is -0.142. The average molecular weight is 162 g/mol. The van der Waals surface area contributed by atoms with Crippen molar-refractivity contribution in [2.75, 3.05) is 18.1 Å². The zero-order valence-corrected chi connectivity index (χ0v) is 6.30. The summed E-state index contributed by atoms with van der Waals surface area (Å²) in [6.45, 7) is 0.00394. The Hall–Kier alpha value is -0.220. The van der Waals surface area contributed by atoms with Gasteiger partial charge in [0.2, 0.25) is 0 Å². The zero-order valence-electron chi connectivity index (χ0n) is 5.49. The van der Waals surface area contributed by atoms with Crippen LogP contribution in [0.15, 0.2) is 0 Å². The summed E-state index contributed by atoms with van der Waals surface area (Å²) in [5.74, 6) is 0.315. The van der Waals surface area contributed by atoms with E-state index in [0.29, 0.717) is 5.75 Å². The Balaban J connectivity index is 2.50. The molecule has 0 spiro atoms. The van der Waals surface area contributed by atoms with E-state index in [1.165, 1.54) is 0 Å². The van der Waals surface area contributed by atoms with Gasteiger partial charge in [0.15, 0.2) is 0 Å². The minimum atomic E-state index is -0.774. The number of carboxylic acids is 1. The fraction of sp³-hybridized carbons (Fsp3) is 0.833. The molecule has 58 valence electrons. The van der Waals surface area contributed by atoms with Crippen LogP contribution in [-0.2, 0) is 4.79 Å². The number of thioether (sulfide) groups is 1.